The summed E-state index contributed by atoms with van der Waals surface area (Å²) in [5, 5.41) is 113. The first-order chi connectivity index (χ1) is 17.7. The molecule has 0 aromatic rings. The fourth-order valence-corrected chi connectivity index (χ4v) is 4.21. The van der Waals surface area contributed by atoms with E-state index >= 15 is 0 Å². The van der Waals surface area contributed by atoms with Crippen molar-refractivity contribution in [1.82, 2.24) is 0 Å². The van der Waals surface area contributed by atoms with Gasteiger partial charge in [0.25, 0.3) is 5.91 Å². The Bertz CT molecular complexity index is 835. The van der Waals surface area contributed by atoms with Crippen molar-refractivity contribution in [3.8, 4) is 0 Å². The van der Waals surface area contributed by atoms with Crippen LogP contribution in [0.15, 0.2) is 0 Å². The van der Waals surface area contributed by atoms with Gasteiger partial charge in [0.1, 0.15) is 65.6 Å². The van der Waals surface area contributed by atoms with E-state index in [0.717, 1.165) is 27.7 Å². The maximum Gasteiger partial charge on any atom is 0.252 e. The summed E-state index contributed by atoms with van der Waals surface area (Å²) in [6.45, 7) is 1.24. The number of aliphatic hydroxyl groups is 11. The predicted octanol–water partition coefficient (Wildman–Crippen LogP) is -6.88. The Morgan fingerprint density at radius 3 is 1.62 bits per heavy atom. The van der Waals surface area contributed by atoms with Crippen LogP contribution in [0.4, 0.5) is 0 Å². The van der Waals surface area contributed by atoms with Crippen molar-refractivity contribution >= 4 is 5.91 Å². The van der Waals surface area contributed by atoms with Crippen molar-refractivity contribution in [3.63, 3.8) is 0 Å². The van der Waals surface area contributed by atoms with Crippen LogP contribution >= 0.6 is 0 Å². The third kappa shape index (κ3) is 6.22. The van der Waals surface area contributed by atoms with Crippen molar-refractivity contribution in [2.75, 3.05) is 19.8 Å². The fraction of sp³-hybridized carbons (Fsp3) is 0.955. The van der Waals surface area contributed by atoms with Gasteiger partial charge in [0.05, 0.1) is 19.8 Å². The molecule has 0 unspecified atom stereocenters. The van der Waals surface area contributed by atoms with Crippen LogP contribution in [-0.2, 0) is 23.7 Å². The van der Waals surface area contributed by atoms with Crippen LogP contribution in [0.2, 0.25) is 0 Å². The molecule has 2 rings (SSSR count). The molecule has 0 radical (unpaired) electrons. The summed E-state index contributed by atoms with van der Waals surface area (Å²) in [7, 11) is 0. The summed E-state index contributed by atoms with van der Waals surface area (Å²) in [4.78, 5) is 11.7. The molecule has 2 heterocycles. The van der Waals surface area contributed by atoms with Crippen LogP contribution in [0.3, 0.4) is 0 Å². The Hall–Kier alpha value is -1.13. The van der Waals surface area contributed by atoms with Crippen molar-refractivity contribution in [3.05, 3.63) is 0 Å². The van der Waals surface area contributed by atoms with Gasteiger partial charge in [0, 0.05) is 0 Å². The van der Waals surface area contributed by atoms with Gasteiger partial charge < -0.3 is 80.9 Å². The van der Waals surface area contributed by atoms with E-state index < -0.39 is 110 Å². The van der Waals surface area contributed by atoms with Gasteiger partial charge in [-0.25, -0.2) is 0 Å². The third-order valence-corrected chi connectivity index (χ3v) is 7.89. The van der Waals surface area contributed by atoms with Crippen LogP contribution in [0.5, 0.6) is 0 Å². The number of rotatable bonds is 11. The van der Waals surface area contributed by atoms with Crippen molar-refractivity contribution in [1.29, 1.82) is 0 Å². The maximum absolute atomic E-state index is 11.7. The molecule has 17 heteroatoms. The Balaban J connectivity index is 2.13. The third-order valence-electron chi connectivity index (χ3n) is 7.89. The van der Waals surface area contributed by atoms with Crippen molar-refractivity contribution in [2.45, 2.75) is 112 Å². The van der Waals surface area contributed by atoms with E-state index in [9.17, 15) is 61.0 Å². The number of ether oxygens (including phenoxy) is 4. The standard InChI is InChI=1S/C22H41NO16/c1-19(32,21(3,34)22(4,35)20(2,33)18(23)31)7-37-17-15(30)13(28)11(26)9(39-17)6-36-16-14(29)12(27)10(25)8(5-24)38-16/h8-17,24-30,32-35H,5-7H2,1-4H3,(H2,23,31)/t8-,9-,10-,11-,12+,13+,14-,15-,16+,17+,19-,20+,21-,22-/m1/s1. The number of carbonyl (C=O) groups is 1. The number of primary amides is 1. The zero-order valence-electron chi connectivity index (χ0n) is 21.9. The molecule has 0 spiro atoms. The van der Waals surface area contributed by atoms with E-state index in [-0.39, 0.29) is 0 Å². The monoisotopic (exact) mass is 575 g/mol. The smallest absolute Gasteiger partial charge is 0.252 e. The molecule has 0 bridgehead atoms. The average molecular weight is 576 g/mol. The minimum absolute atomic E-state index is 0.641. The number of hydrogen-bond acceptors (Lipinski definition) is 16. The minimum atomic E-state index is -2.75. The molecular formula is C22H41NO16. The minimum Gasteiger partial charge on any atom is -0.394 e. The highest BCUT2D eigenvalue weighted by molar-refractivity contribution is 5.84. The van der Waals surface area contributed by atoms with Crippen LogP contribution < -0.4 is 5.73 Å². The van der Waals surface area contributed by atoms with Gasteiger partial charge in [0.2, 0.25) is 0 Å². The van der Waals surface area contributed by atoms with E-state index in [1.165, 1.54) is 0 Å². The van der Waals surface area contributed by atoms with Gasteiger partial charge in [-0.05, 0) is 27.7 Å². The van der Waals surface area contributed by atoms with Crippen molar-refractivity contribution < 1.29 is 79.9 Å². The molecule has 0 aromatic carbocycles. The van der Waals surface area contributed by atoms with Crippen LogP contribution in [0.1, 0.15) is 27.7 Å². The molecule has 2 fully saturated rings. The Morgan fingerprint density at radius 2 is 1.15 bits per heavy atom. The molecule has 2 saturated heterocycles. The van der Waals surface area contributed by atoms with Gasteiger partial charge >= 0.3 is 0 Å². The Kier molecular flexibility index (Phi) is 10.5. The normalized spacial score (nSPS) is 42.0. The molecule has 0 saturated carbocycles. The lowest BCUT2D eigenvalue weighted by Gasteiger charge is -2.52. The summed E-state index contributed by atoms with van der Waals surface area (Å²) in [5.74, 6) is -1.41. The second-order valence-electron chi connectivity index (χ2n) is 10.7. The topological polar surface area (TPSA) is 303 Å². The fourth-order valence-electron chi connectivity index (χ4n) is 4.21. The van der Waals surface area contributed by atoms with E-state index in [2.05, 4.69) is 0 Å². The van der Waals surface area contributed by atoms with Crippen LogP contribution in [0, 0.1) is 0 Å². The van der Waals surface area contributed by atoms with Crippen molar-refractivity contribution in [2.24, 2.45) is 5.73 Å². The van der Waals surface area contributed by atoms with E-state index in [4.69, 9.17) is 24.7 Å². The lowest BCUT2D eigenvalue weighted by Crippen LogP contribution is -2.75. The SMILES string of the molecule is C[C@](O)([C@](C)(O)[C@](C)(O)CO[C@H]1O[C@H](CO[C@H]2O[C@H](CO)[C@@H](O)[C@H](O)[C@H]2O)[C@@H](O)[C@H](O)[C@H]1O)[C@@](C)(O)C(N)=O. The largest absolute Gasteiger partial charge is 0.394 e. The van der Waals surface area contributed by atoms with Crippen LogP contribution in [-0.4, -0.2) is 166 Å². The van der Waals surface area contributed by atoms with E-state index in [0.29, 0.717) is 0 Å². The van der Waals surface area contributed by atoms with Gasteiger partial charge in [-0.2, -0.15) is 0 Å². The summed E-state index contributed by atoms with van der Waals surface area (Å²) >= 11 is 0. The summed E-state index contributed by atoms with van der Waals surface area (Å²) in [6.07, 6.45) is -16.9. The molecule has 2 aliphatic rings. The molecular weight excluding hydrogens is 534 g/mol. The molecule has 1 amide bonds. The molecule has 39 heavy (non-hydrogen) atoms. The van der Waals surface area contributed by atoms with E-state index in [1.54, 1.807) is 0 Å². The van der Waals surface area contributed by atoms with Gasteiger partial charge in [-0.3, -0.25) is 4.79 Å². The van der Waals surface area contributed by atoms with Gasteiger partial charge in [-0.1, -0.05) is 0 Å². The second kappa shape index (κ2) is 12.0. The Labute approximate surface area is 223 Å². The summed E-state index contributed by atoms with van der Waals surface area (Å²) < 4.78 is 21.3. The van der Waals surface area contributed by atoms with E-state index in [1.807, 2.05) is 0 Å². The molecule has 2 aliphatic heterocycles. The lowest BCUT2D eigenvalue weighted by atomic mass is 9.66. The highest BCUT2D eigenvalue weighted by Crippen LogP contribution is 2.40. The summed E-state index contributed by atoms with van der Waals surface area (Å²) in [5.41, 5.74) is -5.52. The lowest BCUT2D eigenvalue weighted by molar-refractivity contribution is -0.341. The number of amides is 1. The predicted molar refractivity (Wildman–Crippen MR) is 124 cm³/mol. The zero-order valence-corrected chi connectivity index (χ0v) is 21.9. The molecule has 14 atom stereocenters. The average Bonchev–Trinajstić information content (AvgIpc) is 2.85. The highest BCUT2D eigenvalue weighted by atomic mass is 16.7. The molecule has 17 nitrogen and oxygen atoms in total. The first-order valence-corrected chi connectivity index (χ1v) is 12.1. The molecule has 0 aromatic heterocycles. The number of hydrogen-bond donors (Lipinski definition) is 12. The quantitative estimate of drug-likeness (QED) is 0.109. The molecule has 230 valence electrons. The van der Waals surface area contributed by atoms with Crippen LogP contribution in [0.25, 0.3) is 0 Å². The maximum atomic E-state index is 11.7. The second-order valence-corrected chi connectivity index (χ2v) is 10.7. The highest BCUT2D eigenvalue weighted by Gasteiger charge is 2.64. The Morgan fingerprint density at radius 1 is 0.718 bits per heavy atom. The number of carbonyl (C=O) groups excluding carboxylic acids is 1. The molecule has 0 aliphatic carbocycles. The summed E-state index contributed by atoms with van der Waals surface area (Å²) in [6, 6.07) is 0. The first-order valence-electron chi connectivity index (χ1n) is 12.1. The molecule has 13 N–H and O–H groups in total. The zero-order chi connectivity index (χ0) is 30.3. The van der Waals surface area contributed by atoms with Gasteiger partial charge in [0.15, 0.2) is 18.2 Å². The number of aliphatic hydroxyl groups excluding tert-OH is 7. The first kappa shape index (κ1) is 34.1. The van der Waals surface area contributed by atoms with Gasteiger partial charge in [-0.15, -0.1) is 0 Å². The number of nitrogens with two attached hydrogens (primary N) is 1.